The highest BCUT2D eigenvalue weighted by Gasteiger charge is 2.24. The Balaban J connectivity index is 1.27. The van der Waals surface area contributed by atoms with Gasteiger partial charge in [-0.25, -0.2) is 0 Å². The van der Waals surface area contributed by atoms with E-state index in [1.54, 1.807) is 11.9 Å². The number of para-hydroxylation sites is 2. The standard InChI is InChI=1S/C23H25NO4/c1-24(14-19-15-27-21-7-2-3-8-22(21)28-19)23(26)12-11-20(25)18-10-9-16-5-4-6-17(16)13-18/h2-3,7-10,13,19H,4-6,11-12,14-15H2,1H3. The van der Waals surface area contributed by atoms with Gasteiger partial charge in [-0.15, -0.1) is 0 Å². The van der Waals surface area contributed by atoms with E-state index in [0.29, 0.717) is 18.9 Å². The molecule has 0 spiro atoms. The number of fused-ring (bicyclic) bond motifs is 2. The van der Waals surface area contributed by atoms with Crippen LogP contribution in [-0.4, -0.2) is 42.9 Å². The first-order chi connectivity index (χ1) is 13.6. The van der Waals surface area contributed by atoms with E-state index in [-0.39, 0.29) is 30.6 Å². The number of rotatable bonds is 6. The number of Topliss-reactive ketones (excluding diaryl/α,β-unsaturated/α-hetero) is 1. The predicted molar refractivity (Wildman–Crippen MR) is 106 cm³/mol. The van der Waals surface area contributed by atoms with Gasteiger partial charge in [0.1, 0.15) is 6.61 Å². The third kappa shape index (κ3) is 4.03. The highest BCUT2D eigenvalue weighted by molar-refractivity contribution is 5.98. The maximum Gasteiger partial charge on any atom is 0.222 e. The Labute approximate surface area is 165 Å². The first kappa shape index (κ1) is 18.5. The Morgan fingerprint density at radius 1 is 1.04 bits per heavy atom. The van der Waals surface area contributed by atoms with E-state index < -0.39 is 0 Å². The van der Waals surface area contributed by atoms with Crippen molar-refractivity contribution in [3.8, 4) is 11.5 Å². The molecule has 0 saturated heterocycles. The Morgan fingerprint density at radius 3 is 2.68 bits per heavy atom. The van der Waals surface area contributed by atoms with Crippen LogP contribution in [0.15, 0.2) is 42.5 Å². The summed E-state index contributed by atoms with van der Waals surface area (Å²) in [6, 6.07) is 13.5. The second-order valence-electron chi connectivity index (χ2n) is 7.53. The van der Waals surface area contributed by atoms with Gasteiger partial charge in [0, 0.05) is 25.5 Å². The lowest BCUT2D eigenvalue weighted by Gasteiger charge is -2.29. The van der Waals surface area contributed by atoms with Crippen molar-refractivity contribution in [1.82, 2.24) is 4.90 Å². The first-order valence-corrected chi connectivity index (χ1v) is 9.87. The average Bonchev–Trinajstić information content (AvgIpc) is 3.19. The summed E-state index contributed by atoms with van der Waals surface area (Å²) in [7, 11) is 1.74. The average molecular weight is 379 g/mol. The molecule has 2 aromatic rings. The number of ketones is 1. The molecule has 1 atom stereocenters. The molecule has 1 unspecified atom stereocenters. The minimum Gasteiger partial charge on any atom is -0.486 e. The fraction of sp³-hybridized carbons (Fsp3) is 0.391. The van der Waals surface area contributed by atoms with E-state index in [2.05, 4.69) is 6.07 Å². The summed E-state index contributed by atoms with van der Waals surface area (Å²) in [4.78, 5) is 26.6. The number of aryl methyl sites for hydroxylation is 2. The van der Waals surface area contributed by atoms with E-state index in [4.69, 9.17) is 9.47 Å². The highest BCUT2D eigenvalue weighted by Crippen LogP contribution is 2.31. The molecule has 146 valence electrons. The van der Waals surface area contributed by atoms with Gasteiger partial charge in [0.25, 0.3) is 0 Å². The number of nitrogens with zero attached hydrogens (tertiary/aromatic N) is 1. The molecule has 2 aromatic carbocycles. The van der Waals surface area contributed by atoms with E-state index in [1.165, 1.54) is 11.1 Å². The Kier molecular flexibility index (Phi) is 5.33. The van der Waals surface area contributed by atoms with Crippen molar-refractivity contribution < 1.29 is 19.1 Å². The van der Waals surface area contributed by atoms with Crippen molar-refractivity contribution in [2.45, 2.75) is 38.2 Å². The Hall–Kier alpha value is -2.82. The Bertz CT molecular complexity index is 892. The van der Waals surface area contributed by atoms with E-state index in [9.17, 15) is 9.59 Å². The maximum atomic E-state index is 12.5. The lowest BCUT2D eigenvalue weighted by molar-refractivity contribution is -0.131. The molecule has 28 heavy (non-hydrogen) atoms. The van der Waals surface area contributed by atoms with Crippen LogP contribution in [0.1, 0.15) is 40.7 Å². The van der Waals surface area contributed by atoms with Crippen molar-refractivity contribution in [3.05, 3.63) is 59.2 Å². The molecule has 0 radical (unpaired) electrons. The van der Waals surface area contributed by atoms with Gasteiger partial charge in [-0.2, -0.15) is 0 Å². The minimum absolute atomic E-state index is 0.0302. The molecule has 1 aliphatic heterocycles. The van der Waals surface area contributed by atoms with E-state index in [1.807, 2.05) is 36.4 Å². The van der Waals surface area contributed by atoms with Crippen molar-refractivity contribution in [3.63, 3.8) is 0 Å². The monoisotopic (exact) mass is 379 g/mol. The molecule has 0 aromatic heterocycles. The van der Waals surface area contributed by atoms with Gasteiger partial charge in [-0.3, -0.25) is 9.59 Å². The molecule has 0 N–H and O–H groups in total. The van der Waals surface area contributed by atoms with E-state index >= 15 is 0 Å². The van der Waals surface area contributed by atoms with Crippen LogP contribution in [0, 0.1) is 0 Å². The summed E-state index contributed by atoms with van der Waals surface area (Å²) >= 11 is 0. The molecule has 1 heterocycles. The fourth-order valence-electron chi connectivity index (χ4n) is 3.86. The molecular weight excluding hydrogens is 354 g/mol. The number of benzene rings is 2. The lowest BCUT2D eigenvalue weighted by Crippen LogP contribution is -2.41. The molecule has 1 aliphatic carbocycles. The van der Waals surface area contributed by atoms with Gasteiger partial charge >= 0.3 is 0 Å². The van der Waals surface area contributed by atoms with Gasteiger partial charge in [-0.1, -0.05) is 24.3 Å². The van der Waals surface area contributed by atoms with Crippen LogP contribution in [0.25, 0.3) is 0 Å². The van der Waals surface area contributed by atoms with Crippen LogP contribution in [0.2, 0.25) is 0 Å². The molecule has 0 bridgehead atoms. The normalized spacial score (nSPS) is 17.1. The number of hydrogen-bond donors (Lipinski definition) is 0. The largest absolute Gasteiger partial charge is 0.486 e. The molecule has 4 rings (SSSR count). The predicted octanol–water partition coefficient (Wildman–Crippen LogP) is 3.44. The number of hydrogen-bond acceptors (Lipinski definition) is 4. The second-order valence-corrected chi connectivity index (χ2v) is 7.53. The van der Waals surface area contributed by atoms with Crippen molar-refractivity contribution in [2.24, 2.45) is 0 Å². The molecule has 5 nitrogen and oxygen atoms in total. The third-order valence-corrected chi connectivity index (χ3v) is 5.46. The Morgan fingerprint density at radius 2 is 1.82 bits per heavy atom. The topological polar surface area (TPSA) is 55.8 Å². The zero-order chi connectivity index (χ0) is 19.5. The van der Waals surface area contributed by atoms with Crippen molar-refractivity contribution in [2.75, 3.05) is 20.2 Å². The molecule has 5 heteroatoms. The summed E-state index contributed by atoms with van der Waals surface area (Å²) in [5.41, 5.74) is 3.35. The van der Waals surface area contributed by atoms with Gasteiger partial charge in [0.05, 0.1) is 6.54 Å². The van der Waals surface area contributed by atoms with Crippen LogP contribution in [-0.2, 0) is 17.6 Å². The highest BCUT2D eigenvalue weighted by atomic mass is 16.6. The molecular formula is C23H25NO4. The maximum absolute atomic E-state index is 12.5. The number of ether oxygens (including phenoxy) is 2. The minimum atomic E-state index is -0.212. The van der Waals surface area contributed by atoms with Gasteiger partial charge in [0.2, 0.25) is 5.91 Å². The third-order valence-electron chi connectivity index (χ3n) is 5.46. The van der Waals surface area contributed by atoms with Crippen LogP contribution >= 0.6 is 0 Å². The number of likely N-dealkylation sites (N-methyl/N-ethyl adjacent to an activating group) is 1. The van der Waals surface area contributed by atoms with E-state index in [0.717, 1.165) is 30.6 Å². The fourth-order valence-corrected chi connectivity index (χ4v) is 3.86. The summed E-state index contributed by atoms with van der Waals surface area (Å²) in [5.74, 6) is 1.40. The number of carbonyl (C=O) groups excluding carboxylic acids is 2. The second kappa shape index (κ2) is 8.05. The van der Waals surface area contributed by atoms with Gasteiger partial charge < -0.3 is 14.4 Å². The number of amides is 1. The van der Waals surface area contributed by atoms with Crippen molar-refractivity contribution >= 4 is 11.7 Å². The summed E-state index contributed by atoms with van der Waals surface area (Å²) in [6.07, 6.45) is 3.53. The smallest absolute Gasteiger partial charge is 0.222 e. The van der Waals surface area contributed by atoms with Gasteiger partial charge in [0.15, 0.2) is 23.4 Å². The molecule has 0 fully saturated rings. The summed E-state index contributed by atoms with van der Waals surface area (Å²) in [5, 5.41) is 0. The molecule has 1 amide bonds. The summed E-state index contributed by atoms with van der Waals surface area (Å²) in [6.45, 7) is 0.836. The van der Waals surface area contributed by atoms with Crippen LogP contribution in [0.3, 0.4) is 0 Å². The first-order valence-electron chi connectivity index (χ1n) is 9.87. The molecule has 2 aliphatic rings. The van der Waals surface area contributed by atoms with Crippen LogP contribution in [0.5, 0.6) is 11.5 Å². The van der Waals surface area contributed by atoms with Crippen LogP contribution < -0.4 is 9.47 Å². The quantitative estimate of drug-likeness (QED) is 0.722. The molecule has 0 saturated carbocycles. The van der Waals surface area contributed by atoms with Gasteiger partial charge in [-0.05, 0) is 48.6 Å². The SMILES string of the molecule is CN(CC1COc2ccccc2O1)C(=O)CCC(=O)c1ccc2c(c1)CCC2. The zero-order valence-electron chi connectivity index (χ0n) is 16.1. The zero-order valence-corrected chi connectivity index (χ0v) is 16.1. The lowest BCUT2D eigenvalue weighted by atomic mass is 10.0. The summed E-state index contributed by atoms with van der Waals surface area (Å²) < 4.78 is 11.6. The van der Waals surface area contributed by atoms with Crippen LogP contribution in [0.4, 0.5) is 0 Å². The number of carbonyl (C=O) groups is 2. The van der Waals surface area contributed by atoms with Crippen molar-refractivity contribution in [1.29, 1.82) is 0 Å².